The van der Waals surface area contributed by atoms with Gasteiger partial charge in [0.15, 0.2) is 11.4 Å². The number of methoxy groups -OCH3 is 1. The van der Waals surface area contributed by atoms with Crippen molar-refractivity contribution in [2.45, 2.75) is 55.8 Å². The molecule has 0 bridgehead atoms. The number of hydrogen-bond donors (Lipinski definition) is 5. The molecule has 0 aliphatic carbocycles. The van der Waals surface area contributed by atoms with Gasteiger partial charge in [-0.05, 0) is 0 Å². The molecule has 166 valence electrons. The van der Waals surface area contributed by atoms with Crippen molar-refractivity contribution in [3.63, 3.8) is 0 Å². The fourth-order valence-electron chi connectivity index (χ4n) is 3.58. The highest BCUT2D eigenvalue weighted by Gasteiger charge is 2.55. The summed E-state index contributed by atoms with van der Waals surface area (Å²) in [4.78, 5) is 37.0. The smallest absolute Gasteiger partial charge is 0.338 e. The fraction of sp³-hybridized carbons (Fsp3) is 0.550. The topological polar surface area (TPSA) is 163 Å². The quantitative estimate of drug-likeness (QED) is 0.247. The van der Waals surface area contributed by atoms with E-state index < -0.39 is 73.2 Å². The first kappa shape index (κ1) is 23.9. The lowest BCUT2D eigenvalue weighted by Crippen LogP contribution is -2.67. The Bertz CT molecular complexity index is 756. The van der Waals surface area contributed by atoms with Gasteiger partial charge in [-0.15, -0.1) is 0 Å². The second-order valence-corrected chi connectivity index (χ2v) is 7.27. The fourth-order valence-corrected chi connectivity index (χ4v) is 3.58. The molecule has 1 heterocycles. The van der Waals surface area contributed by atoms with E-state index in [1.807, 2.05) is 0 Å². The maximum absolute atomic E-state index is 12.8. The second kappa shape index (κ2) is 10.1. The number of carbonyl (C=O) groups excluding carboxylic acids is 3. The molecule has 6 atom stereocenters. The molecule has 0 unspecified atom stereocenters. The predicted molar refractivity (Wildman–Crippen MR) is 102 cm³/mol. The van der Waals surface area contributed by atoms with Crippen LogP contribution in [0.2, 0.25) is 0 Å². The Morgan fingerprint density at radius 1 is 1.27 bits per heavy atom. The van der Waals surface area contributed by atoms with Crippen molar-refractivity contribution >= 4 is 17.7 Å². The summed E-state index contributed by atoms with van der Waals surface area (Å²) in [5.41, 5.74) is -1.67. The third kappa shape index (κ3) is 5.21. The van der Waals surface area contributed by atoms with Gasteiger partial charge in [0.05, 0.1) is 32.3 Å². The van der Waals surface area contributed by atoms with Gasteiger partial charge >= 0.3 is 5.97 Å². The summed E-state index contributed by atoms with van der Waals surface area (Å²) in [5, 5.41) is 42.6. The zero-order valence-electron chi connectivity index (χ0n) is 16.7. The van der Waals surface area contributed by atoms with Crippen molar-refractivity contribution in [3.05, 3.63) is 35.9 Å². The van der Waals surface area contributed by atoms with Gasteiger partial charge < -0.3 is 35.2 Å². The van der Waals surface area contributed by atoms with Crippen LogP contribution in [0.15, 0.2) is 30.3 Å². The van der Waals surface area contributed by atoms with E-state index in [1.165, 1.54) is 6.92 Å². The van der Waals surface area contributed by atoms with E-state index in [0.717, 1.165) is 7.11 Å². The molecule has 0 radical (unpaired) electrons. The number of ether oxygens (including phenoxy) is 2. The Morgan fingerprint density at radius 2 is 1.90 bits per heavy atom. The van der Waals surface area contributed by atoms with Crippen molar-refractivity contribution in [2.75, 3.05) is 13.7 Å². The Balaban J connectivity index is 2.43. The van der Waals surface area contributed by atoms with Gasteiger partial charge in [0.2, 0.25) is 5.91 Å². The third-order valence-electron chi connectivity index (χ3n) is 5.06. The van der Waals surface area contributed by atoms with Gasteiger partial charge in [-0.25, -0.2) is 4.79 Å². The first-order valence-electron chi connectivity index (χ1n) is 9.42. The number of ketones is 1. The minimum absolute atomic E-state index is 0.301. The zero-order valence-corrected chi connectivity index (χ0v) is 16.7. The summed E-state index contributed by atoms with van der Waals surface area (Å²) in [6, 6.07) is 6.90. The molecule has 1 aliphatic heterocycles. The van der Waals surface area contributed by atoms with Gasteiger partial charge in [0.1, 0.15) is 18.3 Å². The van der Waals surface area contributed by atoms with E-state index in [0.29, 0.717) is 5.56 Å². The third-order valence-corrected chi connectivity index (χ3v) is 5.06. The van der Waals surface area contributed by atoms with Gasteiger partial charge in [-0.1, -0.05) is 30.3 Å². The molecule has 1 fully saturated rings. The summed E-state index contributed by atoms with van der Waals surface area (Å²) in [5.74, 6) is -1.98. The summed E-state index contributed by atoms with van der Waals surface area (Å²) in [6.45, 7) is 0.345. The van der Waals surface area contributed by atoms with Crippen LogP contribution in [0.1, 0.15) is 30.1 Å². The maximum atomic E-state index is 12.8. The number of benzene rings is 1. The number of esters is 1. The number of rotatable bonds is 8. The lowest BCUT2D eigenvalue weighted by atomic mass is 9.80. The molecule has 0 aromatic heterocycles. The van der Waals surface area contributed by atoms with Crippen molar-refractivity contribution in [3.8, 4) is 0 Å². The molecular weight excluding hydrogens is 398 g/mol. The molecule has 1 aromatic rings. The minimum atomic E-state index is -1.98. The molecule has 1 saturated heterocycles. The molecule has 0 saturated carbocycles. The van der Waals surface area contributed by atoms with E-state index in [-0.39, 0.29) is 0 Å². The molecule has 30 heavy (non-hydrogen) atoms. The zero-order chi connectivity index (χ0) is 22.5. The second-order valence-electron chi connectivity index (χ2n) is 7.27. The molecule has 1 aromatic carbocycles. The van der Waals surface area contributed by atoms with Crippen LogP contribution in [-0.4, -0.2) is 87.9 Å². The number of carbonyl (C=O) groups is 3. The number of aliphatic hydroxyl groups excluding tert-OH is 4. The van der Waals surface area contributed by atoms with E-state index in [4.69, 9.17) is 9.47 Å². The molecule has 1 aliphatic rings. The van der Waals surface area contributed by atoms with E-state index in [9.17, 15) is 34.8 Å². The number of aliphatic hydroxyl groups is 4. The number of amides is 1. The van der Waals surface area contributed by atoms with Crippen molar-refractivity contribution in [2.24, 2.45) is 0 Å². The van der Waals surface area contributed by atoms with Gasteiger partial charge in [-0.2, -0.15) is 0 Å². The summed E-state index contributed by atoms with van der Waals surface area (Å²) in [6.07, 6.45) is -7.30. The molecule has 5 N–H and O–H groups in total. The average molecular weight is 425 g/mol. The van der Waals surface area contributed by atoms with Gasteiger partial charge in [0, 0.05) is 18.9 Å². The first-order valence-corrected chi connectivity index (χ1v) is 9.42. The monoisotopic (exact) mass is 425 g/mol. The largest absolute Gasteiger partial charge is 0.467 e. The van der Waals surface area contributed by atoms with Crippen LogP contribution in [0.4, 0.5) is 0 Å². The van der Waals surface area contributed by atoms with E-state index >= 15 is 0 Å². The van der Waals surface area contributed by atoms with Gasteiger partial charge in [-0.3, -0.25) is 9.59 Å². The van der Waals surface area contributed by atoms with E-state index in [2.05, 4.69) is 5.32 Å². The Kier molecular flexibility index (Phi) is 8.04. The molecule has 10 heteroatoms. The highest BCUT2D eigenvalue weighted by atomic mass is 16.6. The van der Waals surface area contributed by atoms with Crippen LogP contribution >= 0.6 is 0 Å². The van der Waals surface area contributed by atoms with Crippen LogP contribution in [0.25, 0.3) is 0 Å². The molecule has 0 spiro atoms. The molecule has 2 rings (SSSR count). The Labute approximate surface area is 173 Å². The lowest BCUT2D eigenvalue weighted by molar-refractivity contribution is -0.230. The first-order chi connectivity index (χ1) is 14.1. The standard InChI is InChI=1S/C20H27NO9/c1-11(23)21-16-14(25)9-20(19(28)29-2,30-18(16)17(27)15(26)10-22)8-13(24)12-6-4-3-5-7-12/h3-7,14-18,22,25-27H,8-10H2,1-2H3,(H,21,23)/t14-,15+,16+,17+,18+,20+/m0/s1. The van der Waals surface area contributed by atoms with Crippen LogP contribution in [-0.2, 0) is 19.1 Å². The van der Waals surface area contributed by atoms with Crippen LogP contribution in [0, 0.1) is 0 Å². The summed E-state index contributed by atoms with van der Waals surface area (Å²) >= 11 is 0. The average Bonchev–Trinajstić information content (AvgIpc) is 2.74. The normalized spacial score (nSPS) is 28.3. The van der Waals surface area contributed by atoms with Crippen LogP contribution < -0.4 is 5.32 Å². The van der Waals surface area contributed by atoms with Crippen LogP contribution in [0.5, 0.6) is 0 Å². The number of nitrogens with one attached hydrogen (secondary N) is 1. The van der Waals surface area contributed by atoms with Crippen molar-refractivity contribution in [1.29, 1.82) is 0 Å². The van der Waals surface area contributed by atoms with Gasteiger partial charge in [0.25, 0.3) is 0 Å². The van der Waals surface area contributed by atoms with Crippen LogP contribution in [0.3, 0.4) is 0 Å². The van der Waals surface area contributed by atoms with E-state index in [1.54, 1.807) is 30.3 Å². The maximum Gasteiger partial charge on any atom is 0.338 e. The number of hydrogen-bond acceptors (Lipinski definition) is 9. The molecular formula is C20H27NO9. The molecule has 1 amide bonds. The van der Waals surface area contributed by atoms with Crippen molar-refractivity contribution in [1.82, 2.24) is 5.32 Å². The minimum Gasteiger partial charge on any atom is -0.467 e. The SMILES string of the molecule is COC(=O)[C@@]1(CC(=O)c2ccccc2)C[C@H](O)[C@@H](NC(C)=O)[C@H]([C@H](O)[C@H](O)CO)O1. The highest BCUT2D eigenvalue weighted by molar-refractivity contribution is 6.00. The summed E-state index contributed by atoms with van der Waals surface area (Å²) < 4.78 is 10.6. The Hall–Kier alpha value is -2.37. The lowest BCUT2D eigenvalue weighted by Gasteiger charge is -2.47. The number of Topliss-reactive ketones (excluding diaryl/α,β-unsaturated/α-hetero) is 1. The molecule has 10 nitrogen and oxygen atoms in total. The Morgan fingerprint density at radius 3 is 2.43 bits per heavy atom. The summed E-state index contributed by atoms with van der Waals surface area (Å²) in [7, 11) is 1.08. The predicted octanol–water partition coefficient (Wildman–Crippen LogP) is -1.46. The van der Waals surface area contributed by atoms with Crippen molar-refractivity contribution < 1.29 is 44.3 Å². The highest BCUT2D eigenvalue weighted by Crippen LogP contribution is 2.36.